The van der Waals surface area contributed by atoms with Crippen LogP contribution < -0.4 is 5.32 Å². The first kappa shape index (κ1) is 11.6. The van der Waals surface area contributed by atoms with Crippen LogP contribution in [0.25, 0.3) is 0 Å². The number of hydrogen-bond donors (Lipinski definition) is 2. The number of hydrogen-bond acceptors (Lipinski definition) is 4. The second-order valence-electron chi connectivity index (χ2n) is 4.04. The molecule has 0 bridgehead atoms. The molecule has 2 N–H and O–H groups in total. The summed E-state index contributed by atoms with van der Waals surface area (Å²) in [6.45, 7) is 1.10. The number of aromatic nitrogens is 3. The minimum absolute atomic E-state index is 0.0138. The smallest absolute Gasteiger partial charge is 0.291 e. The molecule has 2 amide bonds. The van der Waals surface area contributed by atoms with Gasteiger partial charge in [-0.1, -0.05) is 0 Å². The topological polar surface area (TPSA) is 91.0 Å². The van der Waals surface area contributed by atoms with E-state index in [0.29, 0.717) is 13.1 Å². The fourth-order valence-electron chi connectivity index (χ4n) is 2.04. The second kappa shape index (κ2) is 4.94. The SMILES string of the molecule is CNC(=O)C1CCCN(C(=O)c2ncn[nH]2)C1. The summed E-state index contributed by atoms with van der Waals surface area (Å²) in [4.78, 5) is 29.0. The van der Waals surface area contributed by atoms with Crippen molar-refractivity contribution >= 4 is 11.8 Å². The van der Waals surface area contributed by atoms with Gasteiger partial charge in [-0.2, -0.15) is 5.10 Å². The highest BCUT2D eigenvalue weighted by Gasteiger charge is 2.29. The third-order valence-electron chi connectivity index (χ3n) is 2.94. The molecule has 1 aromatic rings. The Balaban J connectivity index is 2.02. The zero-order valence-corrected chi connectivity index (χ0v) is 9.64. The van der Waals surface area contributed by atoms with Gasteiger partial charge in [0, 0.05) is 20.1 Å². The van der Waals surface area contributed by atoms with Gasteiger partial charge >= 0.3 is 0 Å². The van der Waals surface area contributed by atoms with Crippen molar-refractivity contribution in [3.05, 3.63) is 12.2 Å². The Kier molecular flexibility index (Phi) is 3.36. The molecule has 1 saturated heterocycles. The van der Waals surface area contributed by atoms with E-state index in [1.807, 2.05) is 0 Å². The average Bonchev–Trinajstić information content (AvgIpc) is 2.91. The highest BCUT2D eigenvalue weighted by atomic mass is 16.2. The second-order valence-corrected chi connectivity index (χ2v) is 4.04. The summed E-state index contributed by atoms with van der Waals surface area (Å²) in [5.41, 5.74) is 0. The predicted molar refractivity (Wildman–Crippen MR) is 59.1 cm³/mol. The van der Waals surface area contributed by atoms with E-state index >= 15 is 0 Å². The lowest BCUT2D eigenvalue weighted by Gasteiger charge is -2.31. The number of H-pyrrole nitrogens is 1. The van der Waals surface area contributed by atoms with Crippen LogP contribution in [-0.2, 0) is 4.79 Å². The molecule has 1 unspecified atom stereocenters. The molecular weight excluding hydrogens is 222 g/mol. The van der Waals surface area contributed by atoms with Gasteiger partial charge in [-0.15, -0.1) is 0 Å². The summed E-state index contributed by atoms with van der Waals surface area (Å²) in [7, 11) is 1.61. The Morgan fingerprint density at radius 3 is 3.06 bits per heavy atom. The lowest BCUT2D eigenvalue weighted by atomic mass is 9.97. The van der Waals surface area contributed by atoms with Crippen molar-refractivity contribution in [1.82, 2.24) is 25.4 Å². The molecule has 0 radical (unpaired) electrons. The van der Waals surface area contributed by atoms with Crippen molar-refractivity contribution in [2.75, 3.05) is 20.1 Å². The van der Waals surface area contributed by atoms with E-state index in [0.717, 1.165) is 12.8 Å². The van der Waals surface area contributed by atoms with Crippen molar-refractivity contribution in [1.29, 1.82) is 0 Å². The number of rotatable bonds is 2. The van der Waals surface area contributed by atoms with E-state index in [1.165, 1.54) is 6.33 Å². The van der Waals surface area contributed by atoms with Gasteiger partial charge in [-0.3, -0.25) is 14.7 Å². The molecule has 0 aromatic carbocycles. The summed E-state index contributed by atoms with van der Waals surface area (Å²) >= 11 is 0. The number of nitrogens with zero attached hydrogens (tertiary/aromatic N) is 3. The van der Waals surface area contributed by atoms with Gasteiger partial charge < -0.3 is 10.2 Å². The van der Waals surface area contributed by atoms with Crippen LogP contribution in [0.5, 0.6) is 0 Å². The third kappa shape index (κ3) is 2.43. The third-order valence-corrected chi connectivity index (χ3v) is 2.94. The summed E-state index contributed by atoms with van der Waals surface area (Å²) in [6, 6.07) is 0. The van der Waals surface area contributed by atoms with Crippen molar-refractivity contribution in [3.8, 4) is 0 Å². The van der Waals surface area contributed by atoms with Gasteiger partial charge in [0.2, 0.25) is 11.7 Å². The largest absolute Gasteiger partial charge is 0.359 e. The van der Waals surface area contributed by atoms with E-state index in [-0.39, 0.29) is 23.6 Å². The molecule has 0 spiro atoms. The molecule has 0 aliphatic carbocycles. The van der Waals surface area contributed by atoms with Crippen LogP contribution in [0.15, 0.2) is 6.33 Å². The molecule has 1 aromatic heterocycles. The maximum Gasteiger partial charge on any atom is 0.291 e. The van der Waals surface area contributed by atoms with Gasteiger partial charge in [-0.05, 0) is 12.8 Å². The summed E-state index contributed by atoms with van der Waals surface area (Å²) < 4.78 is 0. The fourth-order valence-corrected chi connectivity index (χ4v) is 2.04. The van der Waals surface area contributed by atoms with Gasteiger partial charge in [0.25, 0.3) is 5.91 Å². The Hall–Kier alpha value is -1.92. The molecule has 1 atom stereocenters. The van der Waals surface area contributed by atoms with Crippen molar-refractivity contribution in [2.45, 2.75) is 12.8 Å². The van der Waals surface area contributed by atoms with E-state index in [9.17, 15) is 9.59 Å². The number of carbonyl (C=O) groups excluding carboxylic acids is 2. The van der Waals surface area contributed by atoms with E-state index in [2.05, 4.69) is 20.5 Å². The minimum Gasteiger partial charge on any atom is -0.359 e. The molecule has 92 valence electrons. The zero-order valence-electron chi connectivity index (χ0n) is 9.64. The fraction of sp³-hybridized carbons (Fsp3) is 0.600. The monoisotopic (exact) mass is 237 g/mol. The van der Waals surface area contributed by atoms with Crippen LogP contribution in [-0.4, -0.2) is 52.0 Å². The molecule has 1 aliphatic heterocycles. The first-order chi connectivity index (χ1) is 8.22. The lowest BCUT2D eigenvalue weighted by molar-refractivity contribution is -0.125. The summed E-state index contributed by atoms with van der Waals surface area (Å²) in [6.07, 6.45) is 2.95. The van der Waals surface area contributed by atoms with Crippen molar-refractivity contribution in [3.63, 3.8) is 0 Å². The number of amides is 2. The molecule has 0 saturated carbocycles. The van der Waals surface area contributed by atoms with Gasteiger partial charge in [0.1, 0.15) is 6.33 Å². The number of piperidine rings is 1. The summed E-state index contributed by atoms with van der Waals surface area (Å²) in [5.74, 6) is -0.112. The van der Waals surface area contributed by atoms with Crippen LogP contribution in [0.3, 0.4) is 0 Å². The lowest BCUT2D eigenvalue weighted by Crippen LogP contribution is -2.45. The molecule has 7 nitrogen and oxygen atoms in total. The molecular formula is C10H15N5O2. The highest BCUT2D eigenvalue weighted by molar-refractivity contribution is 5.91. The molecule has 2 heterocycles. The van der Waals surface area contributed by atoms with Gasteiger partial charge in [-0.25, -0.2) is 4.98 Å². The van der Waals surface area contributed by atoms with Crippen LogP contribution in [0.1, 0.15) is 23.5 Å². The number of likely N-dealkylation sites (tertiary alicyclic amines) is 1. The maximum atomic E-state index is 12.0. The molecule has 1 fully saturated rings. The van der Waals surface area contributed by atoms with Gasteiger partial charge in [0.15, 0.2) is 0 Å². The van der Waals surface area contributed by atoms with Crippen LogP contribution in [0.4, 0.5) is 0 Å². The maximum absolute atomic E-state index is 12.0. The molecule has 17 heavy (non-hydrogen) atoms. The van der Waals surface area contributed by atoms with E-state index in [4.69, 9.17) is 0 Å². The van der Waals surface area contributed by atoms with E-state index < -0.39 is 0 Å². The normalized spacial score (nSPS) is 20.1. The number of nitrogens with one attached hydrogen (secondary N) is 2. The first-order valence-electron chi connectivity index (χ1n) is 5.58. The Morgan fingerprint density at radius 1 is 1.59 bits per heavy atom. The Labute approximate surface area is 98.6 Å². The van der Waals surface area contributed by atoms with Crippen molar-refractivity contribution < 1.29 is 9.59 Å². The predicted octanol–water partition coefficient (Wildman–Crippen LogP) is -0.597. The van der Waals surface area contributed by atoms with Crippen LogP contribution in [0.2, 0.25) is 0 Å². The average molecular weight is 237 g/mol. The molecule has 2 rings (SSSR count). The number of aromatic amines is 1. The van der Waals surface area contributed by atoms with Crippen LogP contribution >= 0.6 is 0 Å². The van der Waals surface area contributed by atoms with Crippen molar-refractivity contribution in [2.24, 2.45) is 5.92 Å². The highest BCUT2D eigenvalue weighted by Crippen LogP contribution is 2.17. The molecule has 7 heteroatoms. The Morgan fingerprint density at radius 2 is 2.41 bits per heavy atom. The quantitative estimate of drug-likeness (QED) is 0.718. The van der Waals surface area contributed by atoms with E-state index in [1.54, 1.807) is 11.9 Å². The van der Waals surface area contributed by atoms with Crippen LogP contribution in [0, 0.1) is 5.92 Å². The Bertz CT molecular complexity index is 403. The summed E-state index contributed by atoms with van der Waals surface area (Å²) in [5, 5.41) is 8.80. The molecule has 1 aliphatic rings. The standard InChI is InChI=1S/C10H15N5O2/c1-11-9(16)7-3-2-4-15(5-7)10(17)8-12-6-13-14-8/h6-7H,2-5H2,1H3,(H,11,16)(H,12,13,14). The van der Waals surface area contributed by atoms with Gasteiger partial charge in [0.05, 0.1) is 5.92 Å². The minimum atomic E-state index is -0.198. The zero-order chi connectivity index (χ0) is 12.3. The first-order valence-corrected chi connectivity index (χ1v) is 5.58. The number of carbonyl (C=O) groups is 2.